The first kappa shape index (κ1) is 39.0. The highest BCUT2D eigenvalue weighted by Gasteiger charge is 2.57. The summed E-state index contributed by atoms with van der Waals surface area (Å²) in [7, 11) is 0. The fraction of sp³-hybridized carbons (Fsp3) is 0.724. The molecule has 2 rings (SSSR count). The van der Waals surface area contributed by atoms with Gasteiger partial charge in [-0.25, -0.2) is 0 Å². The summed E-state index contributed by atoms with van der Waals surface area (Å²) in [5.41, 5.74) is 0. The Bertz CT molecular complexity index is 1200. The molecule has 47 heavy (non-hydrogen) atoms. The van der Waals surface area contributed by atoms with Gasteiger partial charge in [-0.1, -0.05) is 0 Å². The van der Waals surface area contributed by atoms with Crippen LogP contribution in [0.5, 0.6) is 0 Å². The molecule has 2 aliphatic rings. The van der Waals surface area contributed by atoms with Gasteiger partial charge in [0.05, 0.1) is 0 Å². The fourth-order valence-electron chi connectivity index (χ4n) is 5.05. The lowest BCUT2D eigenvalue weighted by Crippen LogP contribution is -2.67. The lowest BCUT2D eigenvalue weighted by atomic mass is 9.91. The molecule has 0 radical (unpaired) electrons. The van der Waals surface area contributed by atoms with Crippen molar-refractivity contribution in [3.63, 3.8) is 0 Å². The van der Waals surface area contributed by atoms with Crippen LogP contribution in [-0.2, 0) is 85.7 Å². The molecule has 2 fully saturated rings. The molecule has 0 aromatic carbocycles. The second kappa shape index (κ2) is 17.7. The van der Waals surface area contributed by atoms with E-state index in [0.29, 0.717) is 0 Å². The summed E-state index contributed by atoms with van der Waals surface area (Å²) in [6, 6.07) is 0. The standard InChI is InChI=1S/C29H40O18/c1-12(30)9-20-23(40-15(4)33)26(42-17(6)35)25(21(45-20)10-38-13(2)31)47-29-28(44-19(8)37)27(43-18(7)36)24(41-16(5)34)22(46-29)11-39-14(3)32/h20-29H,9-11H2,1-8H3/t20-,21+,22+,23-,24+,25+,26+,27-,28+,29-/m0/s1. The van der Waals surface area contributed by atoms with Crippen molar-refractivity contribution < 1.29 is 85.7 Å². The van der Waals surface area contributed by atoms with Crippen LogP contribution < -0.4 is 0 Å². The molecule has 264 valence electrons. The van der Waals surface area contributed by atoms with Crippen LogP contribution >= 0.6 is 0 Å². The molecular formula is C29H40O18. The van der Waals surface area contributed by atoms with Gasteiger partial charge in [-0.05, 0) is 6.92 Å². The van der Waals surface area contributed by atoms with Gasteiger partial charge in [0.25, 0.3) is 0 Å². The largest absolute Gasteiger partial charge is 0.463 e. The zero-order valence-electron chi connectivity index (χ0n) is 27.2. The molecule has 0 aliphatic carbocycles. The monoisotopic (exact) mass is 676 g/mol. The Kier molecular flexibility index (Phi) is 14.7. The van der Waals surface area contributed by atoms with Crippen LogP contribution in [-0.4, -0.2) is 122 Å². The maximum absolute atomic E-state index is 12.3. The molecule has 2 saturated heterocycles. The summed E-state index contributed by atoms with van der Waals surface area (Å²) < 4.78 is 55.7. The predicted molar refractivity (Wildman–Crippen MR) is 149 cm³/mol. The first-order chi connectivity index (χ1) is 21.9. The SMILES string of the molecule is CC(=O)C[C@@H]1O[C@H](COC(C)=O)[C@@H](O[C@@H]2O[C@H](COC(C)=O)[C@@H](OC(C)=O)[C@H](OC(C)=O)[C@H]2OC(C)=O)[C@H](OC(C)=O)[C@H]1OC(C)=O. The number of hydrogen-bond acceptors (Lipinski definition) is 18. The Morgan fingerprint density at radius 1 is 0.426 bits per heavy atom. The van der Waals surface area contributed by atoms with Crippen LogP contribution in [0.25, 0.3) is 0 Å². The number of ketones is 1. The minimum absolute atomic E-state index is 0.321. The van der Waals surface area contributed by atoms with Crippen LogP contribution in [0.2, 0.25) is 0 Å². The zero-order valence-corrected chi connectivity index (χ0v) is 27.2. The van der Waals surface area contributed by atoms with E-state index in [2.05, 4.69) is 0 Å². The first-order valence-electron chi connectivity index (χ1n) is 14.5. The fourth-order valence-corrected chi connectivity index (χ4v) is 5.05. The summed E-state index contributed by atoms with van der Waals surface area (Å²) in [5.74, 6) is -6.28. The van der Waals surface area contributed by atoms with Crippen molar-refractivity contribution >= 4 is 47.6 Å². The smallest absolute Gasteiger partial charge is 0.303 e. The lowest BCUT2D eigenvalue weighted by Gasteiger charge is -2.48. The van der Waals surface area contributed by atoms with Crippen molar-refractivity contribution in [2.75, 3.05) is 13.2 Å². The van der Waals surface area contributed by atoms with Crippen molar-refractivity contribution in [3.05, 3.63) is 0 Å². The van der Waals surface area contributed by atoms with E-state index in [1.165, 1.54) is 6.92 Å². The molecule has 10 atom stereocenters. The van der Waals surface area contributed by atoms with Crippen LogP contribution in [0.15, 0.2) is 0 Å². The van der Waals surface area contributed by atoms with E-state index in [1.807, 2.05) is 0 Å². The Hall–Kier alpha value is -4.16. The van der Waals surface area contributed by atoms with E-state index >= 15 is 0 Å². The molecule has 18 heteroatoms. The molecule has 2 heterocycles. The third-order valence-electron chi connectivity index (χ3n) is 6.51. The van der Waals surface area contributed by atoms with E-state index in [-0.39, 0.29) is 12.2 Å². The minimum Gasteiger partial charge on any atom is -0.463 e. The summed E-state index contributed by atoms with van der Waals surface area (Å²) in [6.07, 6.45) is -15.4. The Balaban J connectivity index is 2.73. The Morgan fingerprint density at radius 3 is 1.19 bits per heavy atom. The molecule has 0 aromatic rings. The van der Waals surface area contributed by atoms with Crippen molar-refractivity contribution in [2.24, 2.45) is 0 Å². The van der Waals surface area contributed by atoms with E-state index in [9.17, 15) is 38.4 Å². The molecule has 0 amide bonds. The highest BCUT2D eigenvalue weighted by Crippen LogP contribution is 2.36. The van der Waals surface area contributed by atoms with Crippen molar-refractivity contribution in [1.29, 1.82) is 0 Å². The van der Waals surface area contributed by atoms with Gasteiger partial charge in [-0.15, -0.1) is 0 Å². The molecule has 0 aromatic heterocycles. The quantitative estimate of drug-likeness (QED) is 0.179. The molecule has 2 aliphatic heterocycles. The average Bonchev–Trinajstić information content (AvgIpc) is 2.91. The third kappa shape index (κ3) is 12.2. The van der Waals surface area contributed by atoms with Crippen molar-refractivity contribution in [3.8, 4) is 0 Å². The summed E-state index contributed by atoms with van der Waals surface area (Å²) in [4.78, 5) is 96.7. The number of ether oxygens (including phenoxy) is 10. The maximum atomic E-state index is 12.3. The average molecular weight is 677 g/mol. The molecule has 18 nitrogen and oxygen atoms in total. The van der Waals surface area contributed by atoms with Gasteiger partial charge in [-0.3, -0.25) is 38.4 Å². The third-order valence-corrected chi connectivity index (χ3v) is 6.51. The van der Waals surface area contributed by atoms with Crippen LogP contribution in [0.1, 0.15) is 61.8 Å². The van der Waals surface area contributed by atoms with E-state index in [1.54, 1.807) is 0 Å². The maximum Gasteiger partial charge on any atom is 0.303 e. The van der Waals surface area contributed by atoms with Gasteiger partial charge in [-0.2, -0.15) is 0 Å². The molecule has 0 N–H and O–H groups in total. The highest BCUT2D eigenvalue weighted by molar-refractivity contribution is 5.76. The Labute approximate surface area is 269 Å². The summed E-state index contributed by atoms with van der Waals surface area (Å²) >= 11 is 0. The van der Waals surface area contributed by atoms with E-state index in [4.69, 9.17) is 47.4 Å². The summed E-state index contributed by atoms with van der Waals surface area (Å²) in [5, 5.41) is 0. The molecular weight excluding hydrogens is 636 g/mol. The van der Waals surface area contributed by atoms with Crippen molar-refractivity contribution in [2.45, 2.75) is 123 Å². The number of hydrogen-bond donors (Lipinski definition) is 0. The molecule has 0 saturated carbocycles. The normalized spacial score (nSPS) is 30.1. The van der Waals surface area contributed by atoms with Gasteiger partial charge in [0.1, 0.15) is 43.4 Å². The second-order valence-electron chi connectivity index (χ2n) is 10.7. The molecule has 0 unspecified atom stereocenters. The second-order valence-corrected chi connectivity index (χ2v) is 10.7. The molecule has 0 spiro atoms. The van der Waals surface area contributed by atoms with Crippen LogP contribution in [0.3, 0.4) is 0 Å². The number of rotatable bonds is 13. The minimum atomic E-state index is -1.79. The summed E-state index contributed by atoms with van der Waals surface area (Å²) in [6.45, 7) is 7.55. The number of carbonyl (C=O) groups excluding carboxylic acids is 8. The zero-order chi connectivity index (χ0) is 35.6. The number of carbonyl (C=O) groups is 8. The highest BCUT2D eigenvalue weighted by atomic mass is 16.8. The van der Waals surface area contributed by atoms with Crippen LogP contribution in [0, 0.1) is 0 Å². The van der Waals surface area contributed by atoms with Gasteiger partial charge in [0, 0.05) is 54.9 Å². The molecule has 0 bridgehead atoms. The lowest BCUT2D eigenvalue weighted by molar-refractivity contribution is -0.344. The predicted octanol–water partition coefficient (Wildman–Crippen LogP) is -0.372. The van der Waals surface area contributed by atoms with Gasteiger partial charge in [0.2, 0.25) is 0 Å². The van der Waals surface area contributed by atoms with Gasteiger partial charge in [0.15, 0.2) is 36.8 Å². The first-order valence-corrected chi connectivity index (χ1v) is 14.5. The van der Waals surface area contributed by atoms with Crippen molar-refractivity contribution in [1.82, 2.24) is 0 Å². The Morgan fingerprint density at radius 2 is 0.787 bits per heavy atom. The van der Waals surface area contributed by atoms with Gasteiger partial charge < -0.3 is 47.4 Å². The van der Waals surface area contributed by atoms with E-state index < -0.39 is 116 Å². The van der Waals surface area contributed by atoms with Crippen LogP contribution in [0.4, 0.5) is 0 Å². The van der Waals surface area contributed by atoms with E-state index in [0.717, 1.165) is 48.5 Å². The number of esters is 7. The topological polar surface area (TPSA) is 229 Å². The van der Waals surface area contributed by atoms with Gasteiger partial charge >= 0.3 is 41.8 Å². The number of Topliss-reactive ketones (excluding diaryl/α,β-unsaturated/α-hetero) is 1.